The summed E-state index contributed by atoms with van der Waals surface area (Å²) < 4.78 is 8.36. The molecule has 2 heterocycles. The van der Waals surface area contributed by atoms with Crippen LogP contribution >= 0.6 is 15.9 Å². The van der Waals surface area contributed by atoms with Crippen molar-refractivity contribution in [3.05, 3.63) is 40.4 Å². The lowest BCUT2D eigenvalue weighted by molar-refractivity contribution is -0.121. The second-order valence-corrected chi connectivity index (χ2v) is 6.62. The number of carbonyl (C=O) groups is 1. The molecule has 1 atom stereocenters. The third-order valence-electron chi connectivity index (χ3n) is 4.04. The fraction of sp³-hybridized carbons (Fsp3) is 0.412. The van der Waals surface area contributed by atoms with Crippen LogP contribution in [0.5, 0.6) is 5.75 Å². The predicted molar refractivity (Wildman–Crippen MR) is 90.6 cm³/mol. The summed E-state index contributed by atoms with van der Waals surface area (Å²) in [5.74, 6) is 0.645. The maximum atomic E-state index is 12.4. The molecular formula is C17H17BrN4O2. The second-order valence-electron chi connectivity index (χ2n) is 5.71. The topological polar surface area (TPSA) is 80.8 Å². The van der Waals surface area contributed by atoms with Crippen LogP contribution in [0.15, 0.2) is 28.7 Å². The molecule has 0 N–H and O–H groups in total. The monoisotopic (exact) mass is 388 g/mol. The number of hydrogen-bond donors (Lipinski definition) is 0. The van der Waals surface area contributed by atoms with Gasteiger partial charge in [-0.1, -0.05) is 22.4 Å². The lowest BCUT2D eigenvalue weighted by Gasteiger charge is -2.11. The number of nitrogens with zero attached hydrogens (tertiary/aromatic N) is 4. The smallest absolute Gasteiger partial charge is 0.195 e. The Morgan fingerprint density at radius 1 is 1.29 bits per heavy atom. The van der Waals surface area contributed by atoms with Crippen molar-refractivity contribution in [3.8, 4) is 11.8 Å². The molecule has 1 aliphatic heterocycles. The summed E-state index contributed by atoms with van der Waals surface area (Å²) in [6, 6.07) is 9.26. The molecule has 0 aliphatic carbocycles. The van der Waals surface area contributed by atoms with Gasteiger partial charge in [0.2, 0.25) is 0 Å². The predicted octanol–water partition coefficient (Wildman–Crippen LogP) is 3.02. The van der Waals surface area contributed by atoms with Crippen LogP contribution in [0.3, 0.4) is 0 Å². The standard InChI is InChI=1S/C17H17BrN4O2/c18-12-5-7-13(8-6-12)24-11-15(23)14(10-19)17-21-20-16-4-2-1-3-9-22(16)17/h5-8,14H,1-4,9,11H2/t14-/m0/s1. The highest BCUT2D eigenvalue weighted by molar-refractivity contribution is 9.10. The molecule has 0 amide bonds. The van der Waals surface area contributed by atoms with Crippen LogP contribution in [0.25, 0.3) is 0 Å². The number of halogens is 1. The summed E-state index contributed by atoms with van der Waals surface area (Å²) in [5.41, 5.74) is 0. The Kier molecular flexibility index (Phi) is 5.26. The largest absolute Gasteiger partial charge is 0.486 e. The van der Waals surface area contributed by atoms with Crippen molar-refractivity contribution in [2.24, 2.45) is 0 Å². The average Bonchev–Trinajstić information content (AvgIpc) is 2.83. The van der Waals surface area contributed by atoms with E-state index in [2.05, 4.69) is 32.2 Å². The zero-order valence-corrected chi connectivity index (χ0v) is 14.7. The molecule has 3 rings (SSSR count). The van der Waals surface area contributed by atoms with Gasteiger partial charge in [-0.15, -0.1) is 10.2 Å². The summed E-state index contributed by atoms with van der Waals surface area (Å²) in [6.07, 6.45) is 4.05. The van der Waals surface area contributed by atoms with Crippen LogP contribution in [0.2, 0.25) is 0 Å². The van der Waals surface area contributed by atoms with Crippen molar-refractivity contribution in [1.82, 2.24) is 14.8 Å². The molecule has 1 aliphatic rings. The summed E-state index contributed by atoms with van der Waals surface area (Å²) >= 11 is 3.34. The number of nitriles is 1. The van der Waals surface area contributed by atoms with Crippen LogP contribution in [-0.4, -0.2) is 27.2 Å². The Morgan fingerprint density at radius 2 is 2.08 bits per heavy atom. The quantitative estimate of drug-likeness (QED) is 0.785. The molecule has 124 valence electrons. The highest BCUT2D eigenvalue weighted by Gasteiger charge is 2.28. The third kappa shape index (κ3) is 3.65. The van der Waals surface area contributed by atoms with Gasteiger partial charge < -0.3 is 9.30 Å². The van der Waals surface area contributed by atoms with Crippen LogP contribution in [0, 0.1) is 11.3 Å². The molecule has 6 nitrogen and oxygen atoms in total. The molecule has 1 aromatic carbocycles. The SMILES string of the molecule is N#C[C@@H](C(=O)COc1ccc(Br)cc1)c1nnc2n1CCCCC2. The second kappa shape index (κ2) is 7.58. The third-order valence-corrected chi connectivity index (χ3v) is 4.57. The summed E-state index contributed by atoms with van der Waals surface area (Å²) in [7, 11) is 0. The Hall–Kier alpha value is -2.20. The van der Waals surface area contributed by atoms with Crippen molar-refractivity contribution in [1.29, 1.82) is 5.26 Å². The molecule has 1 aromatic heterocycles. The van der Waals surface area contributed by atoms with E-state index < -0.39 is 5.92 Å². The van der Waals surface area contributed by atoms with Gasteiger partial charge >= 0.3 is 0 Å². The van der Waals surface area contributed by atoms with E-state index in [9.17, 15) is 10.1 Å². The molecule has 7 heteroatoms. The zero-order valence-electron chi connectivity index (χ0n) is 13.1. The van der Waals surface area contributed by atoms with Crippen LogP contribution in [0.4, 0.5) is 0 Å². The molecule has 0 bridgehead atoms. The van der Waals surface area contributed by atoms with Gasteiger partial charge in [0.05, 0.1) is 6.07 Å². The van der Waals surface area contributed by atoms with E-state index in [1.165, 1.54) is 0 Å². The number of rotatable bonds is 5. The summed E-state index contributed by atoms with van der Waals surface area (Å²) in [6.45, 7) is 0.596. The first-order chi connectivity index (χ1) is 11.7. The minimum Gasteiger partial charge on any atom is -0.486 e. The Labute approximate surface area is 148 Å². The lowest BCUT2D eigenvalue weighted by atomic mass is 10.1. The van der Waals surface area contributed by atoms with Crippen molar-refractivity contribution in [2.45, 2.75) is 38.1 Å². The minimum atomic E-state index is -0.945. The molecule has 0 fully saturated rings. The summed E-state index contributed by atoms with van der Waals surface area (Å²) in [4.78, 5) is 12.4. The van der Waals surface area contributed by atoms with E-state index in [0.29, 0.717) is 11.6 Å². The molecule has 0 unspecified atom stereocenters. The minimum absolute atomic E-state index is 0.165. The van der Waals surface area contributed by atoms with E-state index in [0.717, 1.165) is 42.5 Å². The number of aromatic nitrogens is 3. The maximum absolute atomic E-state index is 12.4. The van der Waals surface area contributed by atoms with Gasteiger partial charge in [0.1, 0.15) is 18.2 Å². The number of fused-ring (bicyclic) bond motifs is 1. The van der Waals surface area contributed by atoms with Gasteiger partial charge in [0.25, 0.3) is 0 Å². The van der Waals surface area contributed by atoms with Crippen molar-refractivity contribution in [2.75, 3.05) is 6.61 Å². The Bertz CT molecular complexity index is 764. The number of Topliss-reactive ketones (excluding diaryl/α,β-unsaturated/α-hetero) is 1. The Balaban J connectivity index is 1.72. The van der Waals surface area contributed by atoms with E-state index in [1.54, 1.807) is 12.1 Å². The van der Waals surface area contributed by atoms with Gasteiger partial charge in [-0.2, -0.15) is 5.26 Å². The lowest BCUT2D eigenvalue weighted by Crippen LogP contribution is -2.22. The molecule has 0 saturated carbocycles. The number of carbonyl (C=O) groups excluding carboxylic acids is 1. The maximum Gasteiger partial charge on any atom is 0.195 e. The van der Waals surface area contributed by atoms with E-state index in [1.807, 2.05) is 16.7 Å². The highest BCUT2D eigenvalue weighted by Crippen LogP contribution is 2.21. The van der Waals surface area contributed by atoms with Crippen LogP contribution < -0.4 is 4.74 Å². The van der Waals surface area contributed by atoms with Gasteiger partial charge in [-0.3, -0.25) is 4.79 Å². The van der Waals surface area contributed by atoms with Crippen LogP contribution in [0.1, 0.15) is 36.8 Å². The first kappa shape index (κ1) is 16.7. The van der Waals surface area contributed by atoms with Crippen LogP contribution in [-0.2, 0) is 17.8 Å². The molecule has 24 heavy (non-hydrogen) atoms. The molecular weight excluding hydrogens is 372 g/mol. The van der Waals surface area contributed by atoms with Gasteiger partial charge in [0, 0.05) is 17.4 Å². The average molecular weight is 389 g/mol. The molecule has 0 radical (unpaired) electrons. The Morgan fingerprint density at radius 3 is 2.83 bits per heavy atom. The molecule has 0 spiro atoms. The molecule has 0 saturated heterocycles. The van der Waals surface area contributed by atoms with Crippen molar-refractivity contribution >= 4 is 21.7 Å². The van der Waals surface area contributed by atoms with Gasteiger partial charge in [0.15, 0.2) is 17.5 Å². The number of ketones is 1. The van der Waals surface area contributed by atoms with E-state index in [-0.39, 0.29) is 12.4 Å². The number of benzene rings is 1. The van der Waals surface area contributed by atoms with Crippen molar-refractivity contribution in [3.63, 3.8) is 0 Å². The fourth-order valence-electron chi connectivity index (χ4n) is 2.76. The highest BCUT2D eigenvalue weighted by atomic mass is 79.9. The van der Waals surface area contributed by atoms with Gasteiger partial charge in [-0.25, -0.2) is 0 Å². The first-order valence-electron chi connectivity index (χ1n) is 7.91. The number of aryl methyl sites for hydroxylation is 1. The summed E-state index contributed by atoms with van der Waals surface area (Å²) in [5, 5.41) is 17.7. The number of hydrogen-bond acceptors (Lipinski definition) is 5. The van der Waals surface area contributed by atoms with Gasteiger partial charge in [-0.05, 0) is 37.1 Å². The number of ether oxygens (including phenoxy) is 1. The van der Waals surface area contributed by atoms with E-state index >= 15 is 0 Å². The van der Waals surface area contributed by atoms with E-state index in [4.69, 9.17) is 4.74 Å². The molecule has 2 aromatic rings. The zero-order chi connectivity index (χ0) is 16.9. The first-order valence-corrected chi connectivity index (χ1v) is 8.71. The van der Waals surface area contributed by atoms with Crippen molar-refractivity contribution < 1.29 is 9.53 Å². The normalized spacial score (nSPS) is 15.0. The fourth-order valence-corrected chi connectivity index (χ4v) is 3.03.